The van der Waals surface area contributed by atoms with Crippen LogP contribution in [0.2, 0.25) is 0 Å². The molecule has 0 N–H and O–H groups in total. The first-order valence-corrected chi connectivity index (χ1v) is 6.63. The summed E-state index contributed by atoms with van der Waals surface area (Å²) in [4.78, 5) is 15.8. The van der Waals surface area contributed by atoms with E-state index in [1.807, 2.05) is 6.92 Å². The van der Waals surface area contributed by atoms with E-state index < -0.39 is 0 Å². The zero-order chi connectivity index (χ0) is 12.1. The summed E-state index contributed by atoms with van der Waals surface area (Å²) < 4.78 is 5.15. The van der Waals surface area contributed by atoms with E-state index in [-0.39, 0.29) is 5.78 Å². The van der Waals surface area contributed by atoms with Crippen molar-refractivity contribution in [2.45, 2.75) is 64.2 Å². The first-order chi connectivity index (χ1) is 8.29. The van der Waals surface area contributed by atoms with Gasteiger partial charge in [0.05, 0.1) is 6.42 Å². The van der Waals surface area contributed by atoms with Crippen LogP contribution < -0.4 is 0 Å². The van der Waals surface area contributed by atoms with Crippen molar-refractivity contribution >= 4 is 5.78 Å². The van der Waals surface area contributed by atoms with Crippen LogP contribution in [0.5, 0.6) is 0 Å². The molecule has 0 amide bonds. The summed E-state index contributed by atoms with van der Waals surface area (Å²) in [5.74, 6) is 1.93. The van der Waals surface area contributed by atoms with Gasteiger partial charge in [-0.2, -0.15) is 4.98 Å². The van der Waals surface area contributed by atoms with Gasteiger partial charge in [0.2, 0.25) is 5.89 Å². The number of aromatic nitrogens is 2. The molecule has 17 heavy (non-hydrogen) atoms. The lowest BCUT2D eigenvalue weighted by molar-refractivity contribution is -0.118. The predicted octanol–water partition coefficient (Wildman–Crippen LogP) is 3.03. The molecular formula is C13H20N2O2. The van der Waals surface area contributed by atoms with E-state index in [1.54, 1.807) is 0 Å². The fourth-order valence-corrected chi connectivity index (χ4v) is 2.40. The molecule has 0 spiro atoms. The molecule has 1 fully saturated rings. The van der Waals surface area contributed by atoms with E-state index in [0.29, 0.717) is 24.7 Å². The minimum absolute atomic E-state index is 0.186. The lowest BCUT2D eigenvalue weighted by Gasteiger charge is -2.17. The van der Waals surface area contributed by atoms with Gasteiger partial charge in [0, 0.05) is 12.3 Å². The average molecular weight is 236 g/mol. The second-order valence-electron chi connectivity index (χ2n) is 4.85. The maximum atomic E-state index is 11.5. The van der Waals surface area contributed by atoms with Crippen LogP contribution in [0.25, 0.3) is 0 Å². The van der Waals surface area contributed by atoms with E-state index in [2.05, 4.69) is 10.1 Å². The third-order valence-corrected chi connectivity index (χ3v) is 3.33. The summed E-state index contributed by atoms with van der Waals surface area (Å²) >= 11 is 0. The third-order valence-electron chi connectivity index (χ3n) is 3.33. The highest BCUT2D eigenvalue weighted by atomic mass is 16.5. The standard InChI is InChI=1S/C13H20N2O2/c1-2-6-11(16)9-12-14-13(15-17-12)10-7-4-3-5-8-10/h10H,2-9H2,1H3. The van der Waals surface area contributed by atoms with Crippen LogP contribution >= 0.6 is 0 Å². The largest absolute Gasteiger partial charge is 0.339 e. The van der Waals surface area contributed by atoms with Crippen LogP contribution in [0.3, 0.4) is 0 Å². The molecule has 1 aliphatic rings. The van der Waals surface area contributed by atoms with Gasteiger partial charge in [-0.1, -0.05) is 31.3 Å². The Labute approximate surface area is 102 Å². The highest BCUT2D eigenvalue weighted by Crippen LogP contribution is 2.30. The summed E-state index contributed by atoms with van der Waals surface area (Å²) in [7, 11) is 0. The molecule has 0 radical (unpaired) electrons. The Kier molecular flexibility index (Phi) is 4.29. The lowest BCUT2D eigenvalue weighted by atomic mass is 9.89. The van der Waals surface area contributed by atoms with Crippen LogP contribution in [-0.4, -0.2) is 15.9 Å². The van der Waals surface area contributed by atoms with Gasteiger partial charge in [0.25, 0.3) is 0 Å². The molecule has 4 heteroatoms. The molecule has 0 aromatic carbocycles. The minimum atomic E-state index is 0.186. The van der Waals surface area contributed by atoms with Crippen LogP contribution in [0.1, 0.15) is 69.5 Å². The number of carbonyl (C=O) groups is 1. The zero-order valence-electron chi connectivity index (χ0n) is 10.4. The van der Waals surface area contributed by atoms with Gasteiger partial charge in [0.1, 0.15) is 5.78 Å². The van der Waals surface area contributed by atoms with Gasteiger partial charge in [-0.3, -0.25) is 4.79 Å². The van der Waals surface area contributed by atoms with Gasteiger partial charge in [-0.25, -0.2) is 0 Å². The Balaban J connectivity index is 1.93. The van der Waals surface area contributed by atoms with Gasteiger partial charge in [0.15, 0.2) is 5.82 Å². The molecule has 0 unspecified atom stereocenters. The molecule has 0 saturated heterocycles. The highest BCUT2D eigenvalue weighted by molar-refractivity contribution is 5.79. The SMILES string of the molecule is CCCC(=O)Cc1nc(C2CCCCC2)no1. The van der Waals surface area contributed by atoms with Crippen molar-refractivity contribution in [1.82, 2.24) is 10.1 Å². The van der Waals surface area contributed by atoms with E-state index in [4.69, 9.17) is 4.52 Å². The molecule has 4 nitrogen and oxygen atoms in total. The first-order valence-electron chi connectivity index (χ1n) is 6.63. The van der Waals surface area contributed by atoms with Crippen molar-refractivity contribution in [2.24, 2.45) is 0 Å². The Hall–Kier alpha value is -1.19. The monoisotopic (exact) mass is 236 g/mol. The third kappa shape index (κ3) is 3.38. The summed E-state index contributed by atoms with van der Waals surface area (Å²) in [6, 6.07) is 0. The molecule has 1 aromatic heterocycles. The Morgan fingerprint density at radius 1 is 1.35 bits per heavy atom. The summed E-state index contributed by atoms with van der Waals surface area (Å²) in [5, 5.41) is 4.01. The van der Waals surface area contributed by atoms with E-state index in [0.717, 1.165) is 25.1 Å². The number of rotatable bonds is 5. The molecule has 1 saturated carbocycles. The van der Waals surface area contributed by atoms with Crippen molar-refractivity contribution in [3.63, 3.8) is 0 Å². The van der Waals surface area contributed by atoms with Crippen LogP contribution in [0, 0.1) is 0 Å². The predicted molar refractivity (Wildman–Crippen MR) is 63.7 cm³/mol. The van der Waals surface area contributed by atoms with Crippen LogP contribution in [0.4, 0.5) is 0 Å². The number of hydrogen-bond donors (Lipinski definition) is 0. The van der Waals surface area contributed by atoms with Crippen LogP contribution in [0.15, 0.2) is 4.52 Å². The Bertz CT molecular complexity index is 367. The molecule has 0 aliphatic heterocycles. The molecular weight excluding hydrogens is 216 g/mol. The highest BCUT2D eigenvalue weighted by Gasteiger charge is 2.21. The van der Waals surface area contributed by atoms with E-state index >= 15 is 0 Å². The summed E-state index contributed by atoms with van der Waals surface area (Å²) in [6.07, 6.45) is 7.91. The average Bonchev–Trinajstić information content (AvgIpc) is 2.79. The topological polar surface area (TPSA) is 56.0 Å². The number of Topliss-reactive ketones (excluding diaryl/α,β-unsaturated/α-hetero) is 1. The van der Waals surface area contributed by atoms with Gasteiger partial charge in [-0.15, -0.1) is 0 Å². The van der Waals surface area contributed by atoms with Gasteiger partial charge < -0.3 is 4.52 Å². The van der Waals surface area contributed by atoms with Gasteiger partial charge >= 0.3 is 0 Å². The molecule has 0 bridgehead atoms. The fourth-order valence-electron chi connectivity index (χ4n) is 2.40. The Morgan fingerprint density at radius 3 is 2.82 bits per heavy atom. The number of hydrogen-bond acceptors (Lipinski definition) is 4. The molecule has 94 valence electrons. The van der Waals surface area contributed by atoms with Crippen molar-refractivity contribution in [3.05, 3.63) is 11.7 Å². The summed E-state index contributed by atoms with van der Waals surface area (Å²) in [6.45, 7) is 2.00. The quantitative estimate of drug-likeness (QED) is 0.788. The van der Waals surface area contributed by atoms with Crippen molar-refractivity contribution in [3.8, 4) is 0 Å². The maximum Gasteiger partial charge on any atom is 0.234 e. The minimum Gasteiger partial charge on any atom is -0.339 e. The second-order valence-corrected chi connectivity index (χ2v) is 4.85. The van der Waals surface area contributed by atoms with E-state index in [9.17, 15) is 4.79 Å². The van der Waals surface area contributed by atoms with Crippen LogP contribution in [-0.2, 0) is 11.2 Å². The smallest absolute Gasteiger partial charge is 0.234 e. The number of carbonyl (C=O) groups excluding carboxylic acids is 1. The van der Waals surface area contributed by atoms with Crippen molar-refractivity contribution < 1.29 is 9.32 Å². The molecule has 0 atom stereocenters. The number of ketones is 1. The molecule has 1 heterocycles. The Morgan fingerprint density at radius 2 is 2.12 bits per heavy atom. The normalized spacial score (nSPS) is 17.2. The van der Waals surface area contributed by atoms with Gasteiger partial charge in [-0.05, 0) is 19.3 Å². The summed E-state index contributed by atoms with van der Waals surface area (Å²) in [5.41, 5.74) is 0. The second kappa shape index (κ2) is 5.94. The number of nitrogens with zero attached hydrogens (tertiary/aromatic N) is 2. The van der Waals surface area contributed by atoms with Crippen molar-refractivity contribution in [1.29, 1.82) is 0 Å². The first kappa shape index (κ1) is 12.3. The molecule has 2 rings (SSSR count). The zero-order valence-corrected chi connectivity index (χ0v) is 10.4. The fraction of sp³-hybridized carbons (Fsp3) is 0.769. The maximum absolute atomic E-state index is 11.5. The van der Waals surface area contributed by atoms with Crippen molar-refractivity contribution in [2.75, 3.05) is 0 Å². The molecule has 1 aliphatic carbocycles. The lowest BCUT2D eigenvalue weighted by Crippen LogP contribution is -2.07. The molecule has 1 aromatic rings. The van der Waals surface area contributed by atoms with E-state index in [1.165, 1.54) is 19.3 Å².